The molecule has 1 saturated carbocycles. The Morgan fingerprint density at radius 2 is 1.81 bits per heavy atom. The minimum atomic E-state index is -3.67. The van der Waals surface area contributed by atoms with E-state index < -0.39 is 10.0 Å². The fraction of sp³-hybridized carbons (Fsp3) is 0.565. The number of carbonyl (C=O) groups excluding carboxylic acids is 1. The number of benzene rings is 1. The Labute approximate surface area is 194 Å². The summed E-state index contributed by atoms with van der Waals surface area (Å²) in [5.41, 5.74) is 1.54. The molecule has 4 rings (SSSR count). The molecule has 1 saturated heterocycles. The molecule has 1 aromatic heterocycles. The highest BCUT2D eigenvalue weighted by atomic mass is 35.5. The van der Waals surface area contributed by atoms with Gasteiger partial charge in [-0.1, -0.05) is 41.7 Å². The summed E-state index contributed by atoms with van der Waals surface area (Å²) in [7, 11) is -3.67. The maximum absolute atomic E-state index is 13.0. The third-order valence-corrected chi connectivity index (χ3v) is 9.40. The fourth-order valence-electron chi connectivity index (χ4n) is 5.15. The van der Waals surface area contributed by atoms with E-state index in [1.54, 1.807) is 13.8 Å². The summed E-state index contributed by atoms with van der Waals surface area (Å²) in [6, 6.07) is 7.96. The third kappa shape index (κ3) is 4.45. The largest absolute Gasteiger partial charge is 0.360 e. The van der Waals surface area contributed by atoms with Crippen LogP contribution in [-0.4, -0.2) is 43.4 Å². The van der Waals surface area contributed by atoms with Crippen LogP contribution in [0.3, 0.4) is 0 Å². The standard InChI is InChI=1S/C23H30ClN3O4S/c1-16-21(17(2)31-26-16)32(29,30)27-13-9-18(10-14-27)22(28)25-15-23(11-3-4-12-23)19-5-7-20(24)8-6-19/h5-8,18H,3-4,9-15H2,1-2H3,(H,25,28). The zero-order chi connectivity index (χ0) is 22.9. The minimum absolute atomic E-state index is 0.0135. The molecule has 1 aliphatic carbocycles. The fourth-order valence-corrected chi connectivity index (χ4v) is 7.04. The molecule has 174 valence electrons. The van der Waals surface area contributed by atoms with Gasteiger partial charge in [0.05, 0.1) is 0 Å². The molecule has 0 atom stereocenters. The van der Waals surface area contributed by atoms with Crippen LogP contribution in [0.5, 0.6) is 0 Å². The summed E-state index contributed by atoms with van der Waals surface area (Å²) in [5.74, 6) is 0.126. The zero-order valence-corrected chi connectivity index (χ0v) is 20.1. The van der Waals surface area contributed by atoms with Crippen molar-refractivity contribution in [2.24, 2.45) is 5.92 Å². The predicted molar refractivity (Wildman–Crippen MR) is 122 cm³/mol. The normalized spacial score (nSPS) is 19.8. The van der Waals surface area contributed by atoms with Crippen LogP contribution in [0, 0.1) is 19.8 Å². The first-order valence-electron chi connectivity index (χ1n) is 11.2. The van der Waals surface area contributed by atoms with Crippen LogP contribution in [-0.2, 0) is 20.2 Å². The second-order valence-electron chi connectivity index (χ2n) is 9.04. The number of amides is 1. The molecule has 1 amide bonds. The van der Waals surface area contributed by atoms with Crippen molar-refractivity contribution in [3.63, 3.8) is 0 Å². The minimum Gasteiger partial charge on any atom is -0.360 e. The molecular formula is C23H30ClN3O4S. The lowest BCUT2D eigenvalue weighted by Gasteiger charge is -2.33. The monoisotopic (exact) mass is 479 g/mol. The van der Waals surface area contributed by atoms with Crippen LogP contribution in [0.1, 0.15) is 55.5 Å². The molecule has 32 heavy (non-hydrogen) atoms. The summed E-state index contributed by atoms with van der Waals surface area (Å²) in [4.78, 5) is 13.1. The molecule has 2 aromatic rings. The van der Waals surface area contributed by atoms with E-state index in [4.69, 9.17) is 16.1 Å². The van der Waals surface area contributed by atoms with Gasteiger partial charge in [0.15, 0.2) is 5.76 Å². The van der Waals surface area contributed by atoms with Crippen molar-refractivity contribution in [3.8, 4) is 0 Å². The van der Waals surface area contributed by atoms with Crippen molar-refractivity contribution in [1.29, 1.82) is 0 Å². The second-order valence-corrected chi connectivity index (χ2v) is 11.4. The molecule has 2 fully saturated rings. The van der Waals surface area contributed by atoms with Crippen LogP contribution >= 0.6 is 11.6 Å². The van der Waals surface area contributed by atoms with E-state index in [9.17, 15) is 13.2 Å². The number of aryl methyl sites for hydroxylation is 2. The van der Waals surface area contributed by atoms with Crippen LogP contribution in [0.25, 0.3) is 0 Å². The van der Waals surface area contributed by atoms with Gasteiger partial charge in [0.2, 0.25) is 15.9 Å². The quantitative estimate of drug-likeness (QED) is 0.676. The topological polar surface area (TPSA) is 92.5 Å². The van der Waals surface area contributed by atoms with Crippen LogP contribution < -0.4 is 5.32 Å². The molecule has 1 N–H and O–H groups in total. The Morgan fingerprint density at radius 1 is 1.19 bits per heavy atom. The number of aromatic nitrogens is 1. The highest BCUT2D eigenvalue weighted by molar-refractivity contribution is 7.89. The van der Waals surface area contributed by atoms with Crippen molar-refractivity contribution >= 4 is 27.5 Å². The number of hydrogen-bond acceptors (Lipinski definition) is 5. The van der Waals surface area contributed by atoms with Crippen LogP contribution in [0.15, 0.2) is 33.7 Å². The van der Waals surface area contributed by atoms with Crippen molar-refractivity contribution in [2.75, 3.05) is 19.6 Å². The first kappa shape index (κ1) is 23.3. The van der Waals surface area contributed by atoms with E-state index >= 15 is 0 Å². The van der Waals surface area contributed by atoms with E-state index in [-0.39, 0.29) is 22.1 Å². The lowest BCUT2D eigenvalue weighted by Crippen LogP contribution is -2.46. The Hall–Kier alpha value is -1.90. The number of piperidine rings is 1. The number of carbonyl (C=O) groups is 1. The second kappa shape index (κ2) is 9.15. The molecule has 9 heteroatoms. The van der Waals surface area contributed by atoms with E-state index in [1.165, 1.54) is 9.87 Å². The van der Waals surface area contributed by atoms with E-state index in [0.29, 0.717) is 49.0 Å². The van der Waals surface area contributed by atoms with Crippen molar-refractivity contribution in [2.45, 2.75) is 62.7 Å². The molecule has 1 aliphatic heterocycles. The third-order valence-electron chi connectivity index (χ3n) is 7.01. The highest BCUT2D eigenvalue weighted by Gasteiger charge is 2.38. The van der Waals surface area contributed by atoms with Gasteiger partial charge in [0, 0.05) is 36.0 Å². The first-order valence-corrected chi connectivity index (χ1v) is 13.0. The Morgan fingerprint density at radius 3 is 2.38 bits per heavy atom. The van der Waals surface area contributed by atoms with E-state index in [0.717, 1.165) is 25.7 Å². The number of nitrogens with zero attached hydrogens (tertiary/aromatic N) is 2. The van der Waals surface area contributed by atoms with Gasteiger partial charge in [-0.15, -0.1) is 0 Å². The van der Waals surface area contributed by atoms with Gasteiger partial charge in [-0.05, 0) is 57.2 Å². The van der Waals surface area contributed by atoms with Gasteiger partial charge in [0.1, 0.15) is 10.6 Å². The zero-order valence-electron chi connectivity index (χ0n) is 18.6. The number of rotatable bonds is 6. The number of sulfonamides is 1. The highest BCUT2D eigenvalue weighted by Crippen LogP contribution is 2.41. The maximum Gasteiger partial charge on any atom is 0.248 e. The molecule has 0 radical (unpaired) electrons. The first-order chi connectivity index (χ1) is 15.2. The molecule has 0 bridgehead atoms. The van der Waals surface area contributed by atoms with Gasteiger partial charge < -0.3 is 9.84 Å². The lowest BCUT2D eigenvalue weighted by atomic mass is 9.78. The summed E-state index contributed by atoms with van der Waals surface area (Å²) in [6.45, 7) is 4.46. The summed E-state index contributed by atoms with van der Waals surface area (Å²) < 4.78 is 32.5. The predicted octanol–water partition coefficient (Wildman–Crippen LogP) is 3.97. The Kier molecular flexibility index (Phi) is 6.66. The summed E-state index contributed by atoms with van der Waals surface area (Å²) >= 11 is 6.06. The Bertz CT molecular complexity index is 1050. The molecular weight excluding hydrogens is 450 g/mol. The van der Waals surface area contributed by atoms with Crippen molar-refractivity contribution in [1.82, 2.24) is 14.8 Å². The number of halogens is 1. The summed E-state index contributed by atoms with van der Waals surface area (Å²) in [5, 5.41) is 7.66. The molecule has 7 nitrogen and oxygen atoms in total. The average Bonchev–Trinajstić information content (AvgIpc) is 3.40. The SMILES string of the molecule is Cc1noc(C)c1S(=O)(=O)N1CCC(C(=O)NCC2(c3ccc(Cl)cc3)CCCC2)CC1. The molecule has 2 aliphatic rings. The molecule has 1 aromatic carbocycles. The van der Waals surface area contributed by atoms with Crippen molar-refractivity contribution < 1.29 is 17.7 Å². The van der Waals surface area contributed by atoms with Gasteiger partial charge >= 0.3 is 0 Å². The van der Waals surface area contributed by atoms with Gasteiger partial charge in [-0.3, -0.25) is 4.79 Å². The number of hydrogen-bond donors (Lipinski definition) is 1. The van der Waals surface area contributed by atoms with Crippen LogP contribution in [0.4, 0.5) is 0 Å². The van der Waals surface area contributed by atoms with Gasteiger partial charge in [-0.2, -0.15) is 4.31 Å². The number of nitrogens with one attached hydrogen (secondary N) is 1. The van der Waals surface area contributed by atoms with E-state index in [2.05, 4.69) is 22.6 Å². The van der Waals surface area contributed by atoms with Crippen LogP contribution in [0.2, 0.25) is 5.02 Å². The summed E-state index contributed by atoms with van der Waals surface area (Å²) in [6.07, 6.45) is 5.39. The Balaban J connectivity index is 1.37. The van der Waals surface area contributed by atoms with Gasteiger partial charge in [0.25, 0.3) is 0 Å². The smallest absolute Gasteiger partial charge is 0.248 e. The molecule has 2 heterocycles. The lowest BCUT2D eigenvalue weighted by molar-refractivity contribution is -0.126. The van der Waals surface area contributed by atoms with E-state index in [1.807, 2.05) is 12.1 Å². The van der Waals surface area contributed by atoms with Gasteiger partial charge in [-0.25, -0.2) is 8.42 Å². The molecule has 0 spiro atoms. The average molecular weight is 480 g/mol. The van der Waals surface area contributed by atoms with Crippen molar-refractivity contribution in [3.05, 3.63) is 46.3 Å². The maximum atomic E-state index is 13.0. The molecule has 0 unspecified atom stereocenters.